The molecule has 636 valence electrons. The fraction of sp³-hybridized carbons (Fsp3) is 0.955. The lowest BCUT2D eigenvalue weighted by Crippen LogP contribution is -2.30. The van der Waals surface area contributed by atoms with E-state index in [0.717, 1.165) is 102 Å². The molecule has 0 spiro atoms. The van der Waals surface area contributed by atoms with Gasteiger partial charge in [-0.1, -0.05) is 420 Å². The number of ether oxygens (including phenoxy) is 4. The SMILES string of the molecule is CCCCCCCCCCCCCCCCCCCCC(=O)OC[C@H](COP(=O)(O)OC[C@@H](O)COP(=O)(O)OC[C@@H](COC(=O)CCCCCCCCCCCCCCC)OC(=O)CCCCCCCCCCCCCCC(C)C)OC(=O)CCCCCCCCCCCCCCCCCCCCC(C)C. The molecule has 2 unspecified atom stereocenters. The monoisotopic (exact) mass is 1560 g/mol. The highest BCUT2D eigenvalue weighted by Crippen LogP contribution is 2.45. The maximum absolute atomic E-state index is 13.2. The highest BCUT2D eigenvalue weighted by molar-refractivity contribution is 7.47. The minimum absolute atomic E-state index is 0.108. The Hall–Kier alpha value is -1.94. The van der Waals surface area contributed by atoms with Crippen LogP contribution in [-0.4, -0.2) is 96.7 Å². The third-order valence-electron chi connectivity index (χ3n) is 20.7. The Labute approximate surface area is 658 Å². The topological polar surface area (TPSA) is 237 Å². The summed E-state index contributed by atoms with van der Waals surface area (Å²) in [4.78, 5) is 73.3. The van der Waals surface area contributed by atoms with Crippen LogP contribution in [0.5, 0.6) is 0 Å². The quantitative estimate of drug-likeness (QED) is 0.0222. The largest absolute Gasteiger partial charge is 0.472 e. The number of esters is 4. The Balaban J connectivity index is 5.25. The number of unbranched alkanes of at least 4 members (excludes halogenated alkanes) is 57. The van der Waals surface area contributed by atoms with Gasteiger partial charge in [-0.05, 0) is 37.5 Å². The summed E-state index contributed by atoms with van der Waals surface area (Å²) in [7, 11) is -9.93. The molecule has 0 aliphatic heterocycles. The van der Waals surface area contributed by atoms with E-state index in [1.54, 1.807) is 0 Å². The number of aliphatic hydroxyl groups is 1. The van der Waals surface area contributed by atoms with Crippen LogP contribution in [0.2, 0.25) is 0 Å². The van der Waals surface area contributed by atoms with Crippen molar-refractivity contribution in [3.63, 3.8) is 0 Å². The highest BCUT2D eigenvalue weighted by atomic mass is 31.2. The van der Waals surface area contributed by atoms with Gasteiger partial charge >= 0.3 is 39.5 Å². The maximum atomic E-state index is 13.2. The van der Waals surface area contributed by atoms with Gasteiger partial charge in [-0.2, -0.15) is 0 Å². The average Bonchev–Trinajstić information content (AvgIpc) is 0.904. The van der Waals surface area contributed by atoms with Gasteiger partial charge in [0.05, 0.1) is 26.4 Å². The molecule has 107 heavy (non-hydrogen) atoms. The number of hydrogen-bond donors (Lipinski definition) is 3. The molecular weight excluding hydrogens is 1390 g/mol. The van der Waals surface area contributed by atoms with Crippen LogP contribution in [0, 0.1) is 11.8 Å². The van der Waals surface area contributed by atoms with E-state index in [1.807, 2.05) is 0 Å². The van der Waals surface area contributed by atoms with Gasteiger partial charge in [-0.25, -0.2) is 9.13 Å². The number of carbonyl (C=O) groups is 4. The van der Waals surface area contributed by atoms with E-state index >= 15 is 0 Å². The zero-order chi connectivity index (χ0) is 78.5. The van der Waals surface area contributed by atoms with Crippen LogP contribution in [0.1, 0.15) is 472 Å². The van der Waals surface area contributed by atoms with E-state index in [1.165, 1.54) is 289 Å². The summed E-state index contributed by atoms with van der Waals surface area (Å²) in [5.74, 6) is -0.500. The molecule has 0 heterocycles. The lowest BCUT2D eigenvalue weighted by molar-refractivity contribution is -0.161. The normalized spacial score (nSPS) is 13.8. The van der Waals surface area contributed by atoms with Crippen LogP contribution in [0.25, 0.3) is 0 Å². The second-order valence-corrected chi connectivity index (χ2v) is 35.5. The van der Waals surface area contributed by atoms with Crippen molar-refractivity contribution < 1.29 is 80.2 Å². The third kappa shape index (κ3) is 81.9. The molecule has 0 aliphatic rings. The minimum Gasteiger partial charge on any atom is -0.462 e. The molecule has 0 radical (unpaired) electrons. The Kier molecular flexibility index (Phi) is 77.9. The second kappa shape index (κ2) is 79.3. The number of phosphoric acid groups is 2. The van der Waals surface area contributed by atoms with Crippen molar-refractivity contribution in [3.05, 3.63) is 0 Å². The van der Waals surface area contributed by atoms with Crippen LogP contribution in [0.3, 0.4) is 0 Å². The van der Waals surface area contributed by atoms with Crippen LogP contribution in [-0.2, 0) is 65.4 Å². The lowest BCUT2D eigenvalue weighted by Gasteiger charge is -2.21. The van der Waals surface area contributed by atoms with Crippen LogP contribution in [0.4, 0.5) is 0 Å². The lowest BCUT2D eigenvalue weighted by atomic mass is 10.0. The molecule has 0 saturated carbocycles. The smallest absolute Gasteiger partial charge is 0.462 e. The Bertz CT molecular complexity index is 2050. The van der Waals surface area contributed by atoms with Crippen LogP contribution >= 0.6 is 15.6 Å². The Morgan fingerprint density at radius 3 is 0.636 bits per heavy atom. The van der Waals surface area contributed by atoms with E-state index in [4.69, 9.17) is 37.0 Å². The van der Waals surface area contributed by atoms with Crippen molar-refractivity contribution in [2.75, 3.05) is 39.6 Å². The van der Waals surface area contributed by atoms with Crippen molar-refractivity contribution in [2.24, 2.45) is 11.8 Å². The van der Waals surface area contributed by atoms with Gasteiger partial charge in [0.15, 0.2) is 12.2 Å². The molecule has 0 aromatic carbocycles. The van der Waals surface area contributed by atoms with Crippen molar-refractivity contribution in [1.82, 2.24) is 0 Å². The molecule has 0 amide bonds. The predicted octanol–water partition coefficient (Wildman–Crippen LogP) is 27.0. The Morgan fingerprint density at radius 2 is 0.430 bits per heavy atom. The van der Waals surface area contributed by atoms with Crippen LogP contribution < -0.4 is 0 Å². The molecule has 5 atom stereocenters. The summed E-state index contributed by atoms with van der Waals surface area (Å²) in [6.07, 6.45) is 72.1. The molecule has 0 aromatic rings. The molecule has 0 bridgehead atoms. The molecule has 17 nitrogen and oxygen atoms in total. The second-order valence-electron chi connectivity index (χ2n) is 32.6. The van der Waals surface area contributed by atoms with E-state index in [-0.39, 0.29) is 25.7 Å². The first-order chi connectivity index (χ1) is 51.9. The van der Waals surface area contributed by atoms with E-state index in [2.05, 4.69) is 41.5 Å². The minimum atomic E-state index is -4.97. The maximum Gasteiger partial charge on any atom is 0.472 e. The fourth-order valence-corrected chi connectivity index (χ4v) is 15.4. The van der Waals surface area contributed by atoms with Gasteiger partial charge in [0, 0.05) is 25.7 Å². The first-order valence-corrected chi connectivity index (χ1v) is 48.5. The fourth-order valence-electron chi connectivity index (χ4n) is 13.8. The van der Waals surface area contributed by atoms with Crippen molar-refractivity contribution >= 4 is 39.5 Å². The molecular formula is C88H172O17P2. The van der Waals surface area contributed by atoms with Gasteiger partial charge in [-0.3, -0.25) is 37.3 Å². The summed E-state index contributed by atoms with van der Waals surface area (Å²) >= 11 is 0. The van der Waals surface area contributed by atoms with Gasteiger partial charge in [0.2, 0.25) is 0 Å². The molecule has 0 fully saturated rings. The summed E-state index contributed by atoms with van der Waals surface area (Å²) in [5.41, 5.74) is 0. The zero-order valence-electron chi connectivity index (χ0n) is 70.5. The van der Waals surface area contributed by atoms with Gasteiger partial charge < -0.3 is 33.8 Å². The summed E-state index contributed by atoms with van der Waals surface area (Å²) in [5, 5.41) is 10.7. The molecule has 0 aromatic heterocycles. The highest BCUT2D eigenvalue weighted by Gasteiger charge is 2.30. The number of hydrogen-bond acceptors (Lipinski definition) is 15. The molecule has 0 aliphatic carbocycles. The molecule has 0 saturated heterocycles. The first kappa shape index (κ1) is 105. The van der Waals surface area contributed by atoms with Crippen molar-refractivity contribution in [3.8, 4) is 0 Å². The average molecular weight is 1560 g/mol. The number of carbonyl (C=O) groups excluding carboxylic acids is 4. The van der Waals surface area contributed by atoms with Crippen LogP contribution in [0.15, 0.2) is 0 Å². The predicted molar refractivity (Wildman–Crippen MR) is 442 cm³/mol. The van der Waals surface area contributed by atoms with Crippen molar-refractivity contribution in [2.45, 2.75) is 490 Å². The van der Waals surface area contributed by atoms with Crippen molar-refractivity contribution in [1.29, 1.82) is 0 Å². The number of aliphatic hydroxyl groups excluding tert-OH is 1. The molecule has 0 rings (SSSR count). The summed E-state index contributed by atoms with van der Waals surface area (Å²) in [6, 6.07) is 0. The van der Waals surface area contributed by atoms with Gasteiger partial charge in [0.25, 0.3) is 0 Å². The third-order valence-corrected chi connectivity index (χ3v) is 22.6. The molecule has 19 heteroatoms. The number of phosphoric ester groups is 2. The van der Waals surface area contributed by atoms with E-state index in [0.29, 0.717) is 25.7 Å². The number of rotatable bonds is 87. The first-order valence-electron chi connectivity index (χ1n) is 45.5. The molecule has 3 N–H and O–H groups in total. The van der Waals surface area contributed by atoms with Gasteiger partial charge in [-0.15, -0.1) is 0 Å². The summed E-state index contributed by atoms with van der Waals surface area (Å²) < 4.78 is 69.0. The Morgan fingerprint density at radius 1 is 0.252 bits per heavy atom. The van der Waals surface area contributed by atoms with E-state index in [9.17, 15) is 43.2 Å². The van der Waals surface area contributed by atoms with E-state index < -0.39 is 97.5 Å². The zero-order valence-corrected chi connectivity index (χ0v) is 72.2. The van der Waals surface area contributed by atoms with Gasteiger partial charge in [0.1, 0.15) is 19.3 Å². The standard InChI is InChI=1S/C88H172O17P2/c1-7-9-11-13-15-17-19-21-22-23-27-30-34-41-47-53-59-65-71-86(91)99-77-83(104-87(92)72-66-60-54-48-42-35-31-28-25-24-26-29-33-38-44-50-56-62-68-80(3)4)78-102-106(94,95)100-74-82(89)75-101-107(96,97)103-79-84(76-98-85(90)70-64-58-52-46-40-32-20-18-16-14-12-10-8-2)105-88(93)73-67-61-55-49-43-37-36-39-45-51-57-63-69-81(5)6/h80-84,89H,7-79H2,1-6H3,(H,94,95)(H,96,97)/t82-,83-,84-/m1/s1. The summed E-state index contributed by atoms with van der Waals surface area (Å²) in [6.45, 7) is 9.74.